The highest BCUT2D eigenvalue weighted by atomic mass is 15.3. The summed E-state index contributed by atoms with van der Waals surface area (Å²) in [6, 6.07) is 21.9. The zero-order valence-electron chi connectivity index (χ0n) is 26.4. The number of hydrogen-bond donors (Lipinski definition) is 0. The summed E-state index contributed by atoms with van der Waals surface area (Å²) in [5.74, 6) is 0. The molecule has 2 aromatic rings. The van der Waals surface area contributed by atoms with E-state index in [0.717, 1.165) is 11.0 Å². The van der Waals surface area contributed by atoms with Gasteiger partial charge >= 0.3 is 0 Å². The second-order valence-corrected chi connectivity index (χ2v) is 12.3. The van der Waals surface area contributed by atoms with Crippen LogP contribution in [0.25, 0.3) is 0 Å². The highest BCUT2D eigenvalue weighted by molar-refractivity contribution is 5.14. The lowest BCUT2D eigenvalue weighted by Crippen LogP contribution is -2.49. The maximum Gasteiger partial charge on any atom is 0.104 e. The minimum atomic E-state index is 1.11. The predicted octanol–water partition coefficient (Wildman–Crippen LogP) is 10.0. The van der Waals surface area contributed by atoms with Gasteiger partial charge in [0.1, 0.15) is 13.1 Å². The van der Waals surface area contributed by atoms with Crippen molar-refractivity contribution in [2.24, 2.45) is 0 Å². The Kier molecular flexibility index (Phi) is 19.2. The van der Waals surface area contributed by atoms with Crippen LogP contribution in [-0.4, -0.2) is 49.2 Å². The van der Waals surface area contributed by atoms with Gasteiger partial charge in [0, 0.05) is 11.1 Å². The minimum Gasteiger partial charge on any atom is -0.325 e. The van der Waals surface area contributed by atoms with Crippen LogP contribution >= 0.6 is 0 Å². The Balaban J connectivity index is 0.000000382. The van der Waals surface area contributed by atoms with Crippen LogP contribution in [0.1, 0.15) is 116 Å². The molecular weight excluding hydrogens is 460 g/mol. The van der Waals surface area contributed by atoms with Crippen molar-refractivity contribution in [1.29, 1.82) is 0 Å². The van der Waals surface area contributed by atoms with Crippen molar-refractivity contribution in [3.8, 4) is 0 Å². The van der Waals surface area contributed by atoms with Gasteiger partial charge in [-0.05, 0) is 32.1 Å². The number of rotatable bonds is 20. The smallest absolute Gasteiger partial charge is 0.104 e. The molecule has 0 amide bonds. The fourth-order valence-corrected chi connectivity index (χ4v) is 5.50. The fourth-order valence-electron chi connectivity index (χ4n) is 5.50. The van der Waals surface area contributed by atoms with E-state index in [-0.39, 0.29) is 0 Å². The molecule has 0 fully saturated rings. The van der Waals surface area contributed by atoms with Crippen molar-refractivity contribution >= 4 is 0 Å². The summed E-state index contributed by atoms with van der Waals surface area (Å²) < 4.78 is 2.41. The van der Waals surface area contributed by atoms with E-state index >= 15 is 0 Å². The molecule has 2 aromatic carbocycles. The third kappa shape index (κ3) is 16.4. The summed E-state index contributed by atoms with van der Waals surface area (Å²) >= 11 is 0. The predicted molar refractivity (Wildman–Crippen MR) is 170 cm³/mol. The maximum absolute atomic E-state index is 2.35. The van der Waals surface area contributed by atoms with Crippen LogP contribution in [0.3, 0.4) is 0 Å². The normalized spacial score (nSPS) is 11.7. The molecule has 216 valence electrons. The Bertz CT molecular complexity index is 747. The molecule has 2 nitrogen and oxygen atoms in total. The lowest BCUT2D eigenvalue weighted by molar-refractivity contribution is -0.941. The molecular formula is C36H64N2+2. The third-order valence-electron chi connectivity index (χ3n) is 7.89. The van der Waals surface area contributed by atoms with Crippen molar-refractivity contribution in [2.75, 3.05) is 40.3 Å². The van der Waals surface area contributed by atoms with E-state index in [9.17, 15) is 0 Å². The number of unbranched alkanes of at least 4 members (excludes halogenated alkanes) is 8. The van der Waals surface area contributed by atoms with Crippen molar-refractivity contribution in [3.05, 3.63) is 71.8 Å². The Morgan fingerprint density at radius 2 is 0.816 bits per heavy atom. The van der Waals surface area contributed by atoms with Gasteiger partial charge < -0.3 is 8.97 Å². The summed E-state index contributed by atoms with van der Waals surface area (Å²) in [7, 11) is 4.69. The highest BCUT2D eigenvalue weighted by Gasteiger charge is 2.26. The van der Waals surface area contributed by atoms with E-state index < -0.39 is 0 Å². The average Bonchev–Trinajstić information content (AvgIpc) is 2.92. The van der Waals surface area contributed by atoms with Gasteiger partial charge in [0.15, 0.2) is 0 Å². The van der Waals surface area contributed by atoms with Gasteiger partial charge in [0.2, 0.25) is 0 Å². The van der Waals surface area contributed by atoms with E-state index in [4.69, 9.17) is 0 Å². The van der Waals surface area contributed by atoms with E-state index in [1.54, 1.807) is 0 Å². The average molecular weight is 525 g/mol. The summed E-state index contributed by atoms with van der Waals surface area (Å²) in [6.07, 6.45) is 16.4. The number of nitrogens with zero attached hydrogens (tertiary/aromatic N) is 2. The van der Waals surface area contributed by atoms with Gasteiger partial charge in [-0.25, -0.2) is 0 Å². The van der Waals surface area contributed by atoms with Gasteiger partial charge in [-0.1, -0.05) is 133 Å². The van der Waals surface area contributed by atoms with Gasteiger partial charge in [0.25, 0.3) is 0 Å². The van der Waals surface area contributed by atoms with Crippen molar-refractivity contribution in [2.45, 2.75) is 118 Å². The molecule has 0 aliphatic heterocycles. The second-order valence-electron chi connectivity index (χ2n) is 12.3. The maximum atomic E-state index is 2.35. The van der Waals surface area contributed by atoms with Crippen molar-refractivity contribution < 1.29 is 8.97 Å². The van der Waals surface area contributed by atoms with Gasteiger partial charge in [-0.15, -0.1) is 0 Å². The summed E-state index contributed by atoms with van der Waals surface area (Å²) in [5, 5.41) is 0. The van der Waals surface area contributed by atoms with Crippen molar-refractivity contribution in [3.63, 3.8) is 0 Å². The molecule has 2 rings (SSSR count). The SMILES string of the molecule is CCCCCCCC[N+](C)(C)Cc1ccccc1.CCCC[N+](CCCC)(CCCC)Cc1ccccc1. The Labute approximate surface area is 238 Å². The molecule has 38 heavy (non-hydrogen) atoms. The van der Waals surface area contributed by atoms with E-state index in [1.807, 2.05) is 0 Å². The quantitative estimate of drug-likeness (QED) is 0.119. The van der Waals surface area contributed by atoms with Gasteiger partial charge in [-0.2, -0.15) is 0 Å². The first-order valence-corrected chi connectivity index (χ1v) is 16.1. The molecule has 2 heteroatoms. The highest BCUT2D eigenvalue weighted by Crippen LogP contribution is 2.20. The standard InChI is InChI=1S/C19H34N.C17H30N/c1-4-7-15-20(16-8-5-2,17-9-6-3)18-19-13-11-10-12-14-19;1-4-5-6-7-8-12-15-18(2,3)16-17-13-10-9-11-14-17/h10-14H,4-9,15-18H2,1-3H3;9-11,13-14H,4-8,12,15-16H2,1-3H3/q2*+1. The second kappa shape index (κ2) is 21.2. The molecule has 0 N–H and O–H groups in total. The number of quaternary nitrogens is 2. The molecule has 0 aliphatic carbocycles. The molecule has 0 atom stereocenters. The molecule has 0 aliphatic rings. The van der Waals surface area contributed by atoms with Gasteiger partial charge in [-0.3, -0.25) is 0 Å². The molecule has 0 heterocycles. The summed E-state index contributed by atoms with van der Waals surface area (Å²) in [5.41, 5.74) is 2.96. The molecule has 0 unspecified atom stereocenters. The molecule has 0 spiro atoms. The molecule has 0 saturated carbocycles. The number of benzene rings is 2. The van der Waals surface area contributed by atoms with E-state index in [1.165, 1.54) is 125 Å². The lowest BCUT2D eigenvalue weighted by Gasteiger charge is -2.39. The Morgan fingerprint density at radius 1 is 0.421 bits per heavy atom. The van der Waals surface area contributed by atoms with Crippen LogP contribution in [0.4, 0.5) is 0 Å². The van der Waals surface area contributed by atoms with Crippen molar-refractivity contribution in [1.82, 2.24) is 0 Å². The first-order chi connectivity index (χ1) is 18.4. The monoisotopic (exact) mass is 525 g/mol. The van der Waals surface area contributed by atoms with Crippen LogP contribution in [-0.2, 0) is 13.1 Å². The van der Waals surface area contributed by atoms with E-state index in [0.29, 0.717) is 0 Å². The molecule has 0 bridgehead atoms. The topological polar surface area (TPSA) is 0 Å². The fraction of sp³-hybridized carbons (Fsp3) is 0.667. The zero-order valence-corrected chi connectivity index (χ0v) is 26.4. The van der Waals surface area contributed by atoms with Crippen LogP contribution in [0.5, 0.6) is 0 Å². The summed E-state index contributed by atoms with van der Waals surface area (Å²) in [4.78, 5) is 0. The minimum absolute atomic E-state index is 1.11. The first-order valence-electron chi connectivity index (χ1n) is 16.1. The Morgan fingerprint density at radius 3 is 1.26 bits per heavy atom. The zero-order chi connectivity index (χ0) is 28.0. The molecule has 0 aromatic heterocycles. The molecule has 0 saturated heterocycles. The first kappa shape index (κ1) is 34.4. The lowest BCUT2D eigenvalue weighted by atomic mass is 10.1. The van der Waals surface area contributed by atoms with Crippen LogP contribution in [0.15, 0.2) is 60.7 Å². The third-order valence-corrected chi connectivity index (χ3v) is 7.89. The molecule has 0 radical (unpaired) electrons. The van der Waals surface area contributed by atoms with Crippen LogP contribution < -0.4 is 0 Å². The van der Waals surface area contributed by atoms with E-state index in [2.05, 4.69) is 102 Å². The Hall–Kier alpha value is -1.64. The summed E-state index contributed by atoms with van der Waals surface area (Å²) in [6.45, 7) is 16.9. The van der Waals surface area contributed by atoms with Gasteiger partial charge in [0.05, 0.1) is 40.3 Å². The number of hydrogen-bond acceptors (Lipinski definition) is 0. The largest absolute Gasteiger partial charge is 0.325 e. The van der Waals surface area contributed by atoms with Crippen LogP contribution in [0.2, 0.25) is 0 Å². The van der Waals surface area contributed by atoms with Crippen LogP contribution in [0, 0.1) is 0 Å².